The van der Waals surface area contributed by atoms with E-state index in [2.05, 4.69) is 6.07 Å². The van der Waals surface area contributed by atoms with Gasteiger partial charge in [0.2, 0.25) is 0 Å². The number of halogens is 3. The molecule has 0 fully saturated rings. The van der Waals surface area contributed by atoms with E-state index in [1.165, 1.54) is 0 Å². The highest BCUT2D eigenvalue weighted by molar-refractivity contribution is 6.36. The van der Waals surface area contributed by atoms with Crippen molar-refractivity contribution in [1.82, 2.24) is 0 Å². The van der Waals surface area contributed by atoms with Crippen LogP contribution in [-0.2, 0) is 0 Å². The van der Waals surface area contributed by atoms with Crippen LogP contribution in [0.15, 0.2) is 36.4 Å². The Bertz CT molecular complexity index is 615. The fourth-order valence-corrected chi connectivity index (χ4v) is 2.29. The summed E-state index contributed by atoms with van der Waals surface area (Å²) in [4.78, 5) is 0. The average molecular weight is 283 g/mol. The molecule has 0 unspecified atom stereocenters. The first kappa shape index (κ1) is 12.3. The second-order valence-electron chi connectivity index (χ2n) is 3.46. The Morgan fingerprint density at radius 3 is 2.29 bits per heavy atom. The molecule has 0 aliphatic heterocycles. The normalized spacial score (nSPS) is 10.0. The van der Waals surface area contributed by atoms with Crippen LogP contribution in [0.2, 0.25) is 15.1 Å². The SMILES string of the molecule is N#Cc1cc(Cl)cc(-c2ccc(Cl)cc2Cl)c1. The van der Waals surface area contributed by atoms with Crippen molar-refractivity contribution >= 4 is 34.8 Å². The zero-order valence-electron chi connectivity index (χ0n) is 8.55. The van der Waals surface area contributed by atoms with Gasteiger partial charge in [0, 0.05) is 20.6 Å². The Labute approximate surface area is 114 Å². The van der Waals surface area contributed by atoms with Gasteiger partial charge in [0.25, 0.3) is 0 Å². The summed E-state index contributed by atoms with van der Waals surface area (Å²) >= 11 is 17.9. The maximum Gasteiger partial charge on any atom is 0.0992 e. The molecule has 0 aliphatic rings. The fraction of sp³-hybridized carbons (Fsp3) is 0. The van der Waals surface area contributed by atoms with Crippen molar-refractivity contribution in [3.63, 3.8) is 0 Å². The summed E-state index contributed by atoms with van der Waals surface area (Å²) in [6.45, 7) is 0. The minimum absolute atomic E-state index is 0.499. The lowest BCUT2D eigenvalue weighted by molar-refractivity contribution is 1.48. The molecule has 0 saturated carbocycles. The topological polar surface area (TPSA) is 23.8 Å². The van der Waals surface area contributed by atoms with E-state index in [9.17, 15) is 0 Å². The average Bonchev–Trinajstić information content (AvgIpc) is 2.28. The standard InChI is InChI=1S/C13H6Cl3N/c14-10-1-2-12(13(16)6-10)9-3-8(7-17)4-11(15)5-9/h1-6H. The van der Waals surface area contributed by atoms with Crippen LogP contribution in [0, 0.1) is 11.3 Å². The van der Waals surface area contributed by atoms with Gasteiger partial charge >= 0.3 is 0 Å². The van der Waals surface area contributed by atoms with Crippen molar-refractivity contribution in [3.8, 4) is 17.2 Å². The summed E-state index contributed by atoms with van der Waals surface area (Å²) in [7, 11) is 0. The number of nitrogens with zero attached hydrogens (tertiary/aromatic N) is 1. The van der Waals surface area contributed by atoms with Crippen molar-refractivity contribution < 1.29 is 0 Å². The zero-order chi connectivity index (χ0) is 12.4. The lowest BCUT2D eigenvalue weighted by atomic mass is 10.0. The largest absolute Gasteiger partial charge is 0.192 e. The lowest BCUT2D eigenvalue weighted by Gasteiger charge is -2.06. The fourth-order valence-electron chi connectivity index (χ4n) is 1.53. The predicted molar refractivity (Wildman–Crippen MR) is 71.6 cm³/mol. The Hall–Kier alpha value is -1.20. The summed E-state index contributed by atoms with van der Waals surface area (Å²) in [5, 5.41) is 10.5. The van der Waals surface area contributed by atoms with E-state index in [0.29, 0.717) is 20.6 Å². The van der Waals surface area contributed by atoms with E-state index in [1.807, 2.05) is 0 Å². The van der Waals surface area contributed by atoms with E-state index in [4.69, 9.17) is 40.1 Å². The maximum atomic E-state index is 8.88. The molecule has 84 valence electrons. The third-order valence-corrected chi connectivity index (χ3v) is 3.04. The van der Waals surface area contributed by atoms with E-state index >= 15 is 0 Å². The number of hydrogen-bond donors (Lipinski definition) is 0. The van der Waals surface area contributed by atoms with Gasteiger partial charge in [-0.25, -0.2) is 0 Å². The highest BCUT2D eigenvalue weighted by Crippen LogP contribution is 2.32. The van der Waals surface area contributed by atoms with Crippen LogP contribution < -0.4 is 0 Å². The van der Waals surface area contributed by atoms with Gasteiger partial charge in [0.05, 0.1) is 11.6 Å². The molecule has 0 N–H and O–H groups in total. The molecule has 17 heavy (non-hydrogen) atoms. The minimum Gasteiger partial charge on any atom is -0.192 e. The second-order valence-corrected chi connectivity index (χ2v) is 4.74. The summed E-state index contributed by atoms with van der Waals surface area (Å²) in [5.74, 6) is 0. The summed E-state index contributed by atoms with van der Waals surface area (Å²) in [5.41, 5.74) is 2.10. The van der Waals surface area contributed by atoms with Gasteiger partial charge in [0.15, 0.2) is 0 Å². The third kappa shape index (κ3) is 2.73. The van der Waals surface area contributed by atoms with Crippen LogP contribution in [0.25, 0.3) is 11.1 Å². The van der Waals surface area contributed by atoms with Crippen LogP contribution in [0.3, 0.4) is 0 Å². The highest BCUT2D eigenvalue weighted by Gasteiger charge is 2.06. The molecule has 0 atom stereocenters. The highest BCUT2D eigenvalue weighted by atomic mass is 35.5. The number of rotatable bonds is 1. The predicted octanol–water partition coefficient (Wildman–Crippen LogP) is 5.19. The van der Waals surface area contributed by atoms with Crippen LogP contribution in [0.1, 0.15) is 5.56 Å². The zero-order valence-corrected chi connectivity index (χ0v) is 10.8. The van der Waals surface area contributed by atoms with Gasteiger partial charge in [0.1, 0.15) is 0 Å². The Kier molecular flexibility index (Phi) is 3.59. The van der Waals surface area contributed by atoms with Gasteiger partial charge in [-0.2, -0.15) is 5.26 Å². The van der Waals surface area contributed by atoms with Crippen molar-refractivity contribution in [1.29, 1.82) is 5.26 Å². The van der Waals surface area contributed by atoms with Crippen molar-refractivity contribution in [3.05, 3.63) is 57.0 Å². The minimum atomic E-state index is 0.499. The van der Waals surface area contributed by atoms with Crippen LogP contribution in [0.4, 0.5) is 0 Å². The molecule has 0 radical (unpaired) electrons. The quantitative estimate of drug-likeness (QED) is 0.706. The Morgan fingerprint density at radius 2 is 1.65 bits per heavy atom. The van der Waals surface area contributed by atoms with Gasteiger partial charge in [-0.1, -0.05) is 40.9 Å². The van der Waals surface area contributed by atoms with Gasteiger partial charge < -0.3 is 0 Å². The summed E-state index contributed by atoms with van der Waals surface area (Å²) < 4.78 is 0. The molecular weight excluding hydrogens is 277 g/mol. The molecule has 2 aromatic rings. The van der Waals surface area contributed by atoms with E-state index in [0.717, 1.165) is 11.1 Å². The summed E-state index contributed by atoms with van der Waals surface area (Å²) in [6, 6.07) is 12.4. The molecule has 0 aromatic heterocycles. The van der Waals surface area contributed by atoms with E-state index in [-0.39, 0.29) is 0 Å². The Morgan fingerprint density at radius 1 is 0.882 bits per heavy atom. The monoisotopic (exact) mass is 281 g/mol. The van der Waals surface area contributed by atoms with Crippen LogP contribution in [0.5, 0.6) is 0 Å². The molecule has 0 heterocycles. The molecule has 4 heteroatoms. The first-order chi connectivity index (χ1) is 8.10. The van der Waals surface area contributed by atoms with Gasteiger partial charge in [-0.15, -0.1) is 0 Å². The van der Waals surface area contributed by atoms with Gasteiger partial charge in [-0.3, -0.25) is 0 Å². The molecule has 0 bridgehead atoms. The number of hydrogen-bond acceptors (Lipinski definition) is 1. The molecule has 1 nitrogen and oxygen atoms in total. The molecule has 0 amide bonds. The van der Waals surface area contributed by atoms with Crippen molar-refractivity contribution in [2.45, 2.75) is 0 Å². The molecule has 0 saturated heterocycles. The van der Waals surface area contributed by atoms with Crippen molar-refractivity contribution in [2.75, 3.05) is 0 Å². The molecule has 2 rings (SSSR count). The van der Waals surface area contributed by atoms with E-state index < -0.39 is 0 Å². The lowest BCUT2D eigenvalue weighted by Crippen LogP contribution is -1.83. The number of benzene rings is 2. The molecule has 2 aromatic carbocycles. The van der Waals surface area contributed by atoms with Crippen LogP contribution >= 0.6 is 34.8 Å². The first-order valence-corrected chi connectivity index (χ1v) is 5.89. The van der Waals surface area contributed by atoms with Crippen LogP contribution in [-0.4, -0.2) is 0 Å². The number of nitriles is 1. The molecule has 0 aliphatic carbocycles. The smallest absolute Gasteiger partial charge is 0.0992 e. The first-order valence-electron chi connectivity index (χ1n) is 4.76. The Balaban J connectivity index is 2.61. The van der Waals surface area contributed by atoms with Crippen molar-refractivity contribution in [2.24, 2.45) is 0 Å². The third-order valence-electron chi connectivity index (χ3n) is 2.27. The van der Waals surface area contributed by atoms with E-state index in [1.54, 1.807) is 36.4 Å². The van der Waals surface area contributed by atoms with Gasteiger partial charge in [-0.05, 0) is 35.9 Å². The maximum absolute atomic E-state index is 8.88. The summed E-state index contributed by atoms with van der Waals surface area (Å²) in [6.07, 6.45) is 0. The molecular formula is C13H6Cl3N. The molecule has 0 spiro atoms. The second kappa shape index (κ2) is 4.98.